The van der Waals surface area contributed by atoms with Crippen LogP contribution in [-0.4, -0.2) is 18.2 Å². The van der Waals surface area contributed by atoms with E-state index in [2.05, 4.69) is 10.3 Å². The summed E-state index contributed by atoms with van der Waals surface area (Å²) in [6.45, 7) is 0.302. The van der Waals surface area contributed by atoms with Crippen LogP contribution in [0.3, 0.4) is 0 Å². The van der Waals surface area contributed by atoms with Crippen LogP contribution in [0, 0.1) is 0 Å². The molecule has 186 valence electrons. The quantitative estimate of drug-likeness (QED) is 0.322. The first-order valence-electron chi connectivity index (χ1n) is 10.3. The Morgan fingerprint density at radius 2 is 1.72 bits per heavy atom. The van der Waals surface area contributed by atoms with Gasteiger partial charge in [0.1, 0.15) is 6.61 Å². The number of benzene rings is 3. The van der Waals surface area contributed by atoms with Crippen LogP contribution in [0.1, 0.15) is 16.7 Å². The van der Waals surface area contributed by atoms with Gasteiger partial charge in [0.25, 0.3) is 5.91 Å². The van der Waals surface area contributed by atoms with E-state index >= 15 is 0 Å². The van der Waals surface area contributed by atoms with Gasteiger partial charge >= 0.3 is 6.18 Å². The number of methoxy groups -OCH3 is 1. The Hall–Kier alpha value is -3.14. The average Bonchev–Trinajstić information content (AvgIpc) is 3.18. The van der Waals surface area contributed by atoms with Crippen molar-refractivity contribution in [1.82, 2.24) is 5.32 Å². The zero-order valence-corrected chi connectivity index (χ0v) is 20.9. The minimum Gasteiger partial charge on any atom is -0.493 e. The number of alkyl halides is 3. The number of carbonyl (C=O) groups excluding carboxylic acids is 1. The molecule has 0 aromatic heterocycles. The average molecular weight is 553 g/mol. The molecule has 1 fully saturated rings. The summed E-state index contributed by atoms with van der Waals surface area (Å²) in [5.41, 5.74) is 0.216. The summed E-state index contributed by atoms with van der Waals surface area (Å²) in [7, 11) is 1.49. The minimum absolute atomic E-state index is 0.0222. The molecule has 0 saturated carbocycles. The zero-order chi connectivity index (χ0) is 25.9. The number of halogens is 5. The maximum atomic E-state index is 13.4. The molecule has 0 aliphatic carbocycles. The van der Waals surface area contributed by atoms with Crippen molar-refractivity contribution < 1.29 is 27.4 Å². The first-order valence-corrected chi connectivity index (χ1v) is 11.9. The fourth-order valence-electron chi connectivity index (χ4n) is 3.21. The molecule has 0 spiro atoms. The number of rotatable bonds is 6. The highest BCUT2D eigenvalue weighted by molar-refractivity contribution is 8.18. The molecule has 0 bridgehead atoms. The lowest BCUT2D eigenvalue weighted by molar-refractivity contribution is -0.137. The fourth-order valence-corrected chi connectivity index (χ4v) is 4.34. The Balaban J connectivity index is 1.52. The molecule has 3 aromatic rings. The second-order valence-electron chi connectivity index (χ2n) is 7.47. The summed E-state index contributed by atoms with van der Waals surface area (Å²) in [6.07, 6.45) is -3.06. The lowest BCUT2D eigenvalue weighted by atomic mass is 10.2. The number of amidine groups is 1. The van der Waals surface area contributed by atoms with Gasteiger partial charge in [-0.1, -0.05) is 41.4 Å². The van der Waals surface area contributed by atoms with Gasteiger partial charge in [-0.25, -0.2) is 4.99 Å². The number of aliphatic imine (C=N–C) groups is 1. The number of amides is 1. The third-order valence-corrected chi connectivity index (χ3v) is 6.33. The molecular formula is C25H17Cl2F3N2O3S. The van der Waals surface area contributed by atoms with E-state index in [0.717, 1.165) is 29.5 Å². The number of hydrogen-bond acceptors (Lipinski definition) is 5. The van der Waals surface area contributed by atoms with Crippen molar-refractivity contribution in [2.24, 2.45) is 4.99 Å². The summed E-state index contributed by atoms with van der Waals surface area (Å²) < 4.78 is 51.3. The fraction of sp³-hybridized carbons (Fsp3) is 0.120. The Labute approximate surface area is 218 Å². The van der Waals surface area contributed by atoms with Gasteiger partial charge in [0, 0.05) is 10.0 Å². The van der Waals surface area contributed by atoms with Crippen molar-refractivity contribution in [3.05, 3.63) is 92.3 Å². The predicted octanol–water partition coefficient (Wildman–Crippen LogP) is 7.49. The van der Waals surface area contributed by atoms with Gasteiger partial charge in [-0.3, -0.25) is 4.79 Å². The third-order valence-electron chi connectivity index (χ3n) is 4.93. The van der Waals surface area contributed by atoms with Crippen LogP contribution in [-0.2, 0) is 17.6 Å². The van der Waals surface area contributed by atoms with Gasteiger partial charge in [-0.05, 0) is 71.4 Å². The van der Waals surface area contributed by atoms with Gasteiger partial charge in [-0.15, -0.1) is 0 Å². The molecule has 0 atom stereocenters. The molecule has 1 N–H and O–H groups in total. The molecule has 11 heteroatoms. The zero-order valence-electron chi connectivity index (χ0n) is 18.5. The van der Waals surface area contributed by atoms with Crippen molar-refractivity contribution in [3.63, 3.8) is 0 Å². The Morgan fingerprint density at radius 1 is 1.00 bits per heavy atom. The second kappa shape index (κ2) is 10.9. The lowest BCUT2D eigenvalue weighted by Crippen LogP contribution is -2.19. The van der Waals surface area contributed by atoms with E-state index in [1.807, 2.05) is 12.1 Å². The molecule has 4 rings (SSSR count). The largest absolute Gasteiger partial charge is 0.493 e. The number of carbonyl (C=O) groups is 1. The minimum atomic E-state index is -4.65. The van der Waals surface area contributed by atoms with E-state index in [1.165, 1.54) is 13.2 Å². The van der Waals surface area contributed by atoms with Crippen LogP contribution < -0.4 is 14.8 Å². The molecule has 0 unspecified atom stereocenters. The maximum Gasteiger partial charge on any atom is 0.418 e. The molecule has 36 heavy (non-hydrogen) atoms. The van der Waals surface area contributed by atoms with E-state index in [4.69, 9.17) is 32.7 Å². The molecule has 1 amide bonds. The van der Waals surface area contributed by atoms with Gasteiger partial charge in [0.05, 0.1) is 23.3 Å². The van der Waals surface area contributed by atoms with Crippen LogP contribution in [0.2, 0.25) is 10.0 Å². The van der Waals surface area contributed by atoms with Gasteiger partial charge in [0.2, 0.25) is 0 Å². The van der Waals surface area contributed by atoms with Crippen molar-refractivity contribution in [1.29, 1.82) is 0 Å². The summed E-state index contributed by atoms with van der Waals surface area (Å²) in [4.78, 5) is 16.7. The van der Waals surface area contributed by atoms with Crippen molar-refractivity contribution in [2.45, 2.75) is 12.8 Å². The number of thioether (sulfide) groups is 1. The Morgan fingerprint density at radius 3 is 2.42 bits per heavy atom. The van der Waals surface area contributed by atoms with Gasteiger partial charge in [-0.2, -0.15) is 13.2 Å². The standard InChI is InChI=1S/C25H17Cl2F3N2O3S/c1-34-21-10-15(4-9-20(21)35-13-14-2-5-16(26)6-3-14)11-22-23(33)32-24(36-22)31-19-8-7-17(27)12-18(19)25(28,29)30/h2-12H,13H2,1H3,(H,31,32,33)/b22-11-. The molecule has 1 aliphatic heterocycles. The number of hydrogen-bond donors (Lipinski definition) is 1. The molecule has 1 aliphatic rings. The van der Waals surface area contributed by atoms with Crippen LogP contribution in [0.4, 0.5) is 18.9 Å². The monoisotopic (exact) mass is 552 g/mol. The first-order chi connectivity index (χ1) is 17.1. The number of nitrogens with zero attached hydrogens (tertiary/aromatic N) is 1. The summed E-state index contributed by atoms with van der Waals surface area (Å²) >= 11 is 12.5. The van der Waals surface area contributed by atoms with Crippen molar-refractivity contribution in [3.8, 4) is 11.5 Å². The van der Waals surface area contributed by atoms with Crippen LogP contribution in [0.25, 0.3) is 6.08 Å². The predicted molar refractivity (Wildman–Crippen MR) is 136 cm³/mol. The molecular weight excluding hydrogens is 536 g/mol. The van der Waals surface area contributed by atoms with Crippen molar-refractivity contribution in [2.75, 3.05) is 7.11 Å². The van der Waals surface area contributed by atoms with E-state index in [9.17, 15) is 18.0 Å². The SMILES string of the molecule is COc1cc(/C=C2\SC(=Nc3ccc(Cl)cc3C(F)(F)F)NC2=O)ccc1OCc1ccc(Cl)cc1. The molecule has 3 aromatic carbocycles. The molecule has 0 radical (unpaired) electrons. The Bertz CT molecular complexity index is 1360. The van der Waals surface area contributed by atoms with Crippen LogP contribution in [0.5, 0.6) is 11.5 Å². The normalized spacial score (nSPS) is 15.9. The summed E-state index contributed by atoms with van der Waals surface area (Å²) in [5.74, 6) is 0.470. The van der Waals surface area contributed by atoms with E-state index < -0.39 is 17.6 Å². The topological polar surface area (TPSA) is 59.9 Å². The second-order valence-corrected chi connectivity index (χ2v) is 9.37. The van der Waals surface area contributed by atoms with Crippen LogP contribution >= 0.6 is 35.0 Å². The summed E-state index contributed by atoms with van der Waals surface area (Å²) in [5, 5.41) is 3.07. The maximum absolute atomic E-state index is 13.4. The van der Waals surface area contributed by atoms with Gasteiger partial charge < -0.3 is 14.8 Å². The first kappa shape index (κ1) is 25.9. The highest BCUT2D eigenvalue weighted by Crippen LogP contribution is 2.39. The summed E-state index contributed by atoms with van der Waals surface area (Å²) in [6, 6.07) is 15.6. The lowest BCUT2D eigenvalue weighted by Gasteiger charge is -2.11. The van der Waals surface area contributed by atoms with E-state index in [0.29, 0.717) is 28.7 Å². The Kier molecular flexibility index (Phi) is 7.82. The molecule has 5 nitrogen and oxygen atoms in total. The third kappa shape index (κ3) is 6.34. The van der Waals surface area contributed by atoms with E-state index in [-0.39, 0.29) is 20.8 Å². The van der Waals surface area contributed by atoms with E-state index in [1.54, 1.807) is 36.4 Å². The highest BCUT2D eigenvalue weighted by Gasteiger charge is 2.34. The van der Waals surface area contributed by atoms with Crippen molar-refractivity contribution >= 4 is 57.8 Å². The van der Waals surface area contributed by atoms with Gasteiger partial charge in [0.15, 0.2) is 16.7 Å². The molecule has 1 heterocycles. The number of nitrogens with one attached hydrogen (secondary N) is 1. The smallest absolute Gasteiger partial charge is 0.418 e. The highest BCUT2D eigenvalue weighted by atomic mass is 35.5. The van der Waals surface area contributed by atoms with Crippen LogP contribution in [0.15, 0.2) is 70.6 Å². The number of ether oxygens (including phenoxy) is 2. The molecule has 1 saturated heterocycles.